The number of amides is 2. The van der Waals surface area contributed by atoms with Crippen LogP contribution in [0.2, 0.25) is 0 Å². The van der Waals surface area contributed by atoms with Crippen LogP contribution < -0.4 is 10.9 Å². The Hall–Kier alpha value is -3.10. The zero-order chi connectivity index (χ0) is 19.3. The highest BCUT2D eigenvalue weighted by atomic mass is 19.4. The van der Waals surface area contributed by atoms with E-state index in [2.05, 4.69) is 5.32 Å². The van der Waals surface area contributed by atoms with Crippen molar-refractivity contribution >= 4 is 17.5 Å². The fourth-order valence-electron chi connectivity index (χ4n) is 2.17. The van der Waals surface area contributed by atoms with E-state index in [1.54, 1.807) is 30.3 Å². The predicted molar refractivity (Wildman–Crippen MR) is 88.4 cm³/mol. The van der Waals surface area contributed by atoms with Crippen LogP contribution in [0.25, 0.3) is 0 Å². The van der Waals surface area contributed by atoms with Gasteiger partial charge in [0.05, 0.1) is 6.54 Å². The van der Waals surface area contributed by atoms with Gasteiger partial charge in [-0.05, 0) is 24.3 Å². The lowest BCUT2D eigenvalue weighted by Crippen LogP contribution is -2.39. The van der Waals surface area contributed by atoms with Gasteiger partial charge in [-0.1, -0.05) is 18.2 Å². The standard InChI is InChI=1S/C17H16F3N3O3/c1-22(10-14(24)21-12-6-3-2-4-7-12)15(25)11-23-9-5-8-13(16(23)26)17(18,19)20/h2-9H,10-11H2,1H3,(H,21,24). The maximum Gasteiger partial charge on any atom is 0.421 e. The van der Waals surface area contributed by atoms with Gasteiger partial charge in [0.15, 0.2) is 0 Å². The number of hydrogen-bond donors (Lipinski definition) is 1. The summed E-state index contributed by atoms with van der Waals surface area (Å²) in [6, 6.07) is 10.3. The SMILES string of the molecule is CN(CC(=O)Nc1ccccc1)C(=O)Cn1cccc(C(F)(F)F)c1=O. The van der Waals surface area contributed by atoms with E-state index in [1.165, 1.54) is 7.05 Å². The van der Waals surface area contributed by atoms with Gasteiger partial charge in [-0.2, -0.15) is 13.2 Å². The summed E-state index contributed by atoms with van der Waals surface area (Å²) < 4.78 is 38.9. The quantitative estimate of drug-likeness (QED) is 0.878. The topological polar surface area (TPSA) is 71.4 Å². The Morgan fingerprint density at radius 3 is 2.38 bits per heavy atom. The molecule has 1 N–H and O–H groups in total. The molecule has 138 valence electrons. The molecule has 0 atom stereocenters. The summed E-state index contributed by atoms with van der Waals surface area (Å²) in [5.74, 6) is -1.14. The average Bonchev–Trinajstić information content (AvgIpc) is 2.56. The van der Waals surface area contributed by atoms with Crippen LogP contribution in [0.1, 0.15) is 5.56 Å². The molecule has 0 aliphatic heterocycles. The maximum absolute atomic E-state index is 12.7. The van der Waals surface area contributed by atoms with Crippen LogP contribution in [-0.4, -0.2) is 34.9 Å². The van der Waals surface area contributed by atoms with Gasteiger partial charge in [-0.15, -0.1) is 0 Å². The Labute approximate surface area is 146 Å². The molecule has 1 aromatic heterocycles. The van der Waals surface area contributed by atoms with Gasteiger partial charge in [-0.25, -0.2) is 0 Å². The number of benzene rings is 1. The number of halogens is 3. The Morgan fingerprint density at radius 2 is 1.77 bits per heavy atom. The predicted octanol–water partition coefficient (Wildman–Crippen LogP) is 1.96. The zero-order valence-electron chi connectivity index (χ0n) is 13.8. The highest BCUT2D eigenvalue weighted by Gasteiger charge is 2.34. The van der Waals surface area contributed by atoms with Gasteiger partial charge >= 0.3 is 6.18 Å². The summed E-state index contributed by atoms with van der Waals surface area (Å²) in [7, 11) is 1.32. The molecule has 9 heteroatoms. The van der Waals surface area contributed by atoms with Crippen LogP contribution in [0.5, 0.6) is 0 Å². The van der Waals surface area contributed by atoms with Gasteiger partial charge in [0.25, 0.3) is 5.56 Å². The Morgan fingerprint density at radius 1 is 1.12 bits per heavy atom. The fraction of sp³-hybridized carbons (Fsp3) is 0.235. The largest absolute Gasteiger partial charge is 0.421 e. The third-order valence-corrected chi connectivity index (χ3v) is 3.50. The number of carbonyl (C=O) groups excluding carboxylic acids is 2. The van der Waals surface area contributed by atoms with Gasteiger partial charge in [0.1, 0.15) is 12.1 Å². The van der Waals surface area contributed by atoms with Crippen molar-refractivity contribution in [3.8, 4) is 0 Å². The van der Waals surface area contributed by atoms with Crippen molar-refractivity contribution in [2.75, 3.05) is 18.9 Å². The Bertz CT molecular complexity index is 848. The molecular formula is C17H16F3N3O3. The number of aromatic nitrogens is 1. The third-order valence-electron chi connectivity index (χ3n) is 3.50. The second kappa shape index (κ2) is 7.85. The van der Waals surface area contributed by atoms with Crippen molar-refractivity contribution in [1.29, 1.82) is 0 Å². The summed E-state index contributed by atoms with van der Waals surface area (Å²) >= 11 is 0. The number of anilines is 1. The molecule has 2 amide bonds. The average molecular weight is 367 g/mol. The van der Waals surface area contributed by atoms with Gasteiger partial charge in [0.2, 0.25) is 11.8 Å². The van der Waals surface area contributed by atoms with Gasteiger partial charge < -0.3 is 14.8 Å². The molecule has 26 heavy (non-hydrogen) atoms. The van der Waals surface area contributed by atoms with Crippen LogP contribution in [0.15, 0.2) is 53.5 Å². The van der Waals surface area contributed by atoms with Gasteiger partial charge in [-0.3, -0.25) is 14.4 Å². The van der Waals surface area contributed by atoms with Gasteiger partial charge in [0, 0.05) is 18.9 Å². The van der Waals surface area contributed by atoms with E-state index in [1.807, 2.05) is 0 Å². The Kier molecular flexibility index (Phi) is 5.81. The molecule has 0 saturated carbocycles. The lowest BCUT2D eigenvalue weighted by Gasteiger charge is -2.18. The first kappa shape index (κ1) is 19.2. The number of hydrogen-bond acceptors (Lipinski definition) is 3. The minimum Gasteiger partial charge on any atom is -0.335 e. The maximum atomic E-state index is 12.7. The molecule has 0 spiro atoms. The minimum atomic E-state index is -4.80. The summed E-state index contributed by atoms with van der Waals surface area (Å²) in [6.45, 7) is -0.903. The number of nitrogens with zero attached hydrogens (tertiary/aromatic N) is 2. The molecule has 0 bridgehead atoms. The smallest absolute Gasteiger partial charge is 0.335 e. The van der Waals surface area contributed by atoms with E-state index >= 15 is 0 Å². The lowest BCUT2D eigenvalue weighted by atomic mass is 10.2. The van der Waals surface area contributed by atoms with E-state index in [-0.39, 0.29) is 6.54 Å². The Balaban J connectivity index is 2.01. The molecule has 0 radical (unpaired) electrons. The highest BCUT2D eigenvalue weighted by molar-refractivity contribution is 5.94. The molecule has 0 saturated heterocycles. The van der Waals surface area contributed by atoms with Crippen molar-refractivity contribution in [3.63, 3.8) is 0 Å². The van der Waals surface area contributed by atoms with Crippen molar-refractivity contribution in [1.82, 2.24) is 9.47 Å². The number of nitrogens with one attached hydrogen (secondary N) is 1. The molecule has 2 rings (SSSR count). The van der Waals surface area contributed by atoms with Crippen molar-refractivity contribution < 1.29 is 22.8 Å². The molecule has 0 aliphatic rings. The second-order valence-corrected chi connectivity index (χ2v) is 5.52. The zero-order valence-corrected chi connectivity index (χ0v) is 13.8. The van der Waals surface area contributed by atoms with E-state index in [9.17, 15) is 27.6 Å². The molecule has 0 fully saturated rings. The van der Waals surface area contributed by atoms with Crippen LogP contribution in [-0.2, 0) is 22.3 Å². The van der Waals surface area contributed by atoms with E-state index in [4.69, 9.17) is 0 Å². The summed E-state index contributed by atoms with van der Waals surface area (Å²) in [6.07, 6.45) is -3.71. The van der Waals surface area contributed by atoms with Crippen LogP contribution >= 0.6 is 0 Å². The molecule has 2 aromatic rings. The number of rotatable bonds is 5. The monoisotopic (exact) mass is 367 g/mol. The molecule has 6 nitrogen and oxygen atoms in total. The normalized spacial score (nSPS) is 11.1. The highest BCUT2D eigenvalue weighted by Crippen LogP contribution is 2.25. The molecule has 0 unspecified atom stereocenters. The first-order valence-corrected chi connectivity index (χ1v) is 7.54. The number of likely N-dealkylation sites (N-methyl/N-ethyl adjacent to an activating group) is 1. The van der Waals surface area contributed by atoms with Crippen LogP contribution in [0.3, 0.4) is 0 Å². The lowest BCUT2D eigenvalue weighted by molar-refractivity contribution is -0.139. The minimum absolute atomic E-state index is 0.304. The van der Waals surface area contributed by atoms with Crippen molar-refractivity contribution in [3.05, 3.63) is 64.6 Å². The summed E-state index contributed by atoms with van der Waals surface area (Å²) in [5, 5.41) is 2.58. The molecule has 1 heterocycles. The van der Waals surface area contributed by atoms with E-state index < -0.39 is 35.7 Å². The second-order valence-electron chi connectivity index (χ2n) is 5.52. The van der Waals surface area contributed by atoms with Crippen molar-refractivity contribution in [2.45, 2.75) is 12.7 Å². The first-order chi connectivity index (χ1) is 12.2. The number of pyridine rings is 1. The number of alkyl halides is 3. The van der Waals surface area contributed by atoms with Crippen LogP contribution in [0.4, 0.5) is 18.9 Å². The summed E-state index contributed by atoms with van der Waals surface area (Å²) in [4.78, 5) is 36.9. The first-order valence-electron chi connectivity index (χ1n) is 7.54. The number of para-hydroxylation sites is 1. The summed E-state index contributed by atoms with van der Waals surface area (Å²) in [5.41, 5.74) is -2.11. The van der Waals surface area contributed by atoms with Crippen LogP contribution in [0, 0.1) is 0 Å². The molecule has 0 aliphatic carbocycles. The van der Waals surface area contributed by atoms with E-state index in [0.717, 1.165) is 17.2 Å². The fourth-order valence-corrected chi connectivity index (χ4v) is 2.17. The third kappa shape index (κ3) is 4.95. The van der Waals surface area contributed by atoms with E-state index in [0.29, 0.717) is 16.3 Å². The van der Waals surface area contributed by atoms with Crippen molar-refractivity contribution in [2.24, 2.45) is 0 Å². The molecular weight excluding hydrogens is 351 g/mol. The number of carbonyl (C=O) groups is 2. The molecule has 1 aromatic carbocycles.